The lowest BCUT2D eigenvalue weighted by atomic mass is 10.1. The molecule has 2 aromatic carbocycles. The predicted molar refractivity (Wildman–Crippen MR) is 118 cm³/mol. The summed E-state index contributed by atoms with van der Waals surface area (Å²) < 4.78 is 3.63. The van der Waals surface area contributed by atoms with Gasteiger partial charge in [0, 0.05) is 33.4 Å². The van der Waals surface area contributed by atoms with E-state index in [0.717, 1.165) is 17.2 Å². The van der Waals surface area contributed by atoms with Gasteiger partial charge in [0.2, 0.25) is 0 Å². The summed E-state index contributed by atoms with van der Waals surface area (Å²) in [5.74, 6) is 1.89. The van der Waals surface area contributed by atoms with E-state index < -0.39 is 0 Å². The van der Waals surface area contributed by atoms with Crippen molar-refractivity contribution in [1.29, 1.82) is 0 Å². The van der Waals surface area contributed by atoms with Gasteiger partial charge >= 0.3 is 0 Å². The monoisotopic (exact) mass is 380 g/mol. The van der Waals surface area contributed by atoms with Crippen molar-refractivity contribution in [2.45, 2.75) is 0 Å². The number of nitrogens with one attached hydrogen (secondary N) is 1. The number of aliphatic imine (C=N–C) groups is 1. The minimum atomic E-state index is 0.640. The van der Waals surface area contributed by atoms with Crippen LogP contribution in [0.25, 0.3) is 37.7 Å². The first-order valence-corrected chi connectivity index (χ1v) is 10.1. The van der Waals surface area contributed by atoms with Gasteiger partial charge in [-0.1, -0.05) is 18.2 Å². The molecule has 134 valence electrons. The molecule has 0 fully saturated rings. The van der Waals surface area contributed by atoms with Gasteiger partial charge in [-0.3, -0.25) is 14.5 Å². The summed E-state index contributed by atoms with van der Waals surface area (Å²) in [6, 6.07) is 19.3. The number of rotatable bonds is 2. The average Bonchev–Trinajstić information content (AvgIpc) is 3.34. The van der Waals surface area contributed by atoms with Gasteiger partial charge in [-0.25, -0.2) is 0 Å². The van der Waals surface area contributed by atoms with Crippen molar-refractivity contribution in [2.24, 2.45) is 4.99 Å². The van der Waals surface area contributed by atoms with Gasteiger partial charge in [-0.05, 0) is 53.2 Å². The van der Waals surface area contributed by atoms with Gasteiger partial charge in [0.05, 0.1) is 17.6 Å². The second-order valence-corrected chi connectivity index (χ2v) is 7.77. The molecule has 28 heavy (non-hydrogen) atoms. The Morgan fingerprint density at radius 3 is 2.86 bits per heavy atom. The van der Waals surface area contributed by atoms with Crippen LogP contribution in [0.3, 0.4) is 0 Å². The number of benzene rings is 2. The molecule has 0 amide bonds. The van der Waals surface area contributed by atoms with E-state index in [4.69, 9.17) is 0 Å². The Bertz CT molecular complexity index is 1410. The topological polar surface area (TPSA) is 42.2 Å². The van der Waals surface area contributed by atoms with Gasteiger partial charge in [-0.15, -0.1) is 11.3 Å². The second-order valence-electron chi connectivity index (χ2n) is 6.83. The summed E-state index contributed by atoms with van der Waals surface area (Å²) >= 11 is 1.79. The Morgan fingerprint density at radius 1 is 0.964 bits per heavy atom. The summed E-state index contributed by atoms with van der Waals surface area (Å²) in [5.41, 5.74) is 3.40. The Kier molecular flexibility index (Phi) is 3.36. The highest BCUT2D eigenvalue weighted by Gasteiger charge is 2.18. The Labute approximate surface area is 165 Å². The lowest BCUT2D eigenvalue weighted by Gasteiger charge is -2.20. The Balaban J connectivity index is 1.58. The maximum Gasteiger partial charge on any atom is 0.135 e. The molecule has 6 rings (SSSR count). The van der Waals surface area contributed by atoms with Crippen LogP contribution >= 0.6 is 11.3 Å². The first-order chi connectivity index (χ1) is 13.9. The Morgan fingerprint density at radius 2 is 1.93 bits per heavy atom. The summed E-state index contributed by atoms with van der Waals surface area (Å²) in [4.78, 5) is 8.87. The fraction of sp³-hybridized carbons (Fsp3) is 0.0435. The van der Waals surface area contributed by atoms with Gasteiger partial charge in [-0.2, -0.15) is 0 Å². The first-order valence-electron chi connectivity index (χ1n) is 9.21. The minimum absolute atomic E-state index is 0.640. The van der Waals surface area contributed by atoms with Crippen molar-refractivity contribution >= 4 is 54.9 Å². The van der Waals surface area contributed by atoms with Crippen LogP contribution in [0.15, 0.2) is 83.4 Å². The molecule has 3 aromatic heterocycles. The number of hydrogen-bond acceptors (Lipinski definition) is 4. The van der Waals surface area contributed by atoms with Crippen molar-refractivity contribution in [3.63, 3.8) is 0 Å². The largest absolute Gasteiger partial charge is 0.326 e. The van der Waals surface area contributed by atoms with E-state index in [9.17, 15) is 0 Å². The molecule has 0 aliphatic carbocycles. The number of nitrogens with zero attached hydrogens (tertiary/aromatic N) is 3. The van der Waals surface area contributed by atoms with Crippen molar-refractivity contribution in [1.82, 2.24) is 14.9 Å². The maximum absolute atomic E-state index is 4.64. The summed E-state index contributed by atoms with van der Waals surface area (Å²) in [6.07, 6.45) is 5.77. The number of hydrogen-bond donors (Lipinski definition) is 1. The van der Waals surface area contributed by atoms with Crippen molar-refractivity contribution in [2.75, 3.05) is 6.54 Å². The zero-order valence-corrected chi connectivity index (χ0v) is 15.8. The molecule has 0 saturated heterocycles. The average molecular weight is 380 g/mol. The second kappa shape index (κ2) is 6.04. The molecule has 0 radical (unpaired) electrons. The highest BCUT2D eigenvalue weighted by molar-refractivity contribution is 7.17. The Hall–Kier alpha value is -3.44. The number of aromatic nitrogens is 2. The van der Waals surface area contributed by atoms with Crippen LogP contribution in [0.5, 0.6) is 0 Å². The van der Waals surface area contributed by atoms with E-state index in [-0.39, 0.29) is 0 Å². The van der Waals surface area contributed by atoms with Crippen LogP contribution < -0.4 is 5.32 Å². The summed E-state index contributed by atoms with van der Waals surface area (Å²) in [5, 5.41) is 9.51. The quantitative estimate of drug-likeness (QED) is 0.454. The van der Waals surface area contributed by atoms with Crippen LogP contribution in [0.2, 0.25) is 0 Å². The summed E-state index contributed by atoms with van der Waals surface area (Å²) in [6.45, 7) is 0.640. The molecule has 0 unspecified atom stereocenters. The molecule has 0 atom stereocenters. The predicted octanol–water partition coefficient (Wildman–Crippen LogP) is 5.25. The van der Waals surface area contributed by atoms with E-state index in [1.54, 1.807) is 17.5 Å². The van der Waals surface area contributed by atoms with Crippen LogP contribution in [-0.2, 0) is 0 Å². The van der Waals surface area contributed by atoms with E-state index in [0.29, 0.717) is 6.54 Å². The number of fused-ring (bicyclic) bond motifs is 4. The van der Waals surface area contributed by atoms with Gasteiger partial charge in [0.15, 0.2) is 0 Å². The van der Waals surface area contributed by atoms with Gasteiger partial charge in [0.25, 0.3) is 0 Å². The molecular weight excluding hydrogens is 364 g/mol. The lowest BCUT2D eigenvalue weighted by Crippen LogP contribution is -2.29. The third kappa shape index (κ3) is 2.30. The molecule has 5 heteroatoms. The van der Waals surface area contributed by atoms with Crippen LogP contribution in [0.4, 0.5) is 0 Å². The molecule has 1 aliphatic rings. The zero-order chi connectivity index (χ0) is 18.5. The molecule has 4 nitrogen and oxygen atoms in total. The maximum atomic E-state index is 4.64. The van der Waals surface area contributed by atoms with Crippen molar-refractivity contribution < 1.29 is 0 Å². The van der Waals surface area contributed by atoms with Crippen LogP contribution in [0.1, 0.15) is 5.56 Å². The highest BCUT2D eigenvalue weighted by atomic mass is 32.1. The fourth-order valence-corrected chi connectivity index (χ4v) is 4.74. The van der Waals surface area contributed by atoms with Gasteiger partial charge in [0.1, 0.15) is 11.7 Å². The molecule has 1 aliphatic heterocycles. The normalized spacial score (nSPS) is 14.3. The van der Waals surface area contributed by atoms with Gasteiger partial charge < -0.3 is 5.32 Å². The molecular formula is C23H16N4S. The SMILES string of the molecule is C1=C(n2c3ccccc3c3cc4sccc4cc32)NC(c2cccnc2)=NC1. The third-order valence-corrected chi connectivity index (χ3v) is 6.08. The standard InChI is InChI=1S/C23H16N4S/c1-2-6-19-17(5-1)18-13-21-15(8-11-28-21)12-20(18)27(19)22-7-10-25-23(26-22)16-4-3-9-24-14-16/h1-9,11-14H,10H2,(H,25,26). The van der Waals surface area contributed by atoms with Crippen LogP contribution in [0, 0.1) is 0 Å². The van der Waals surface area contributed by atoms with E-state index in [2.05, 4.69) is 73.8 Å². The fourth-order valence-electron chi connectivity index (χ4n) is 3.93. The minimum Gasteiger partial charge on any atom is -0.326 e. The number of thiophene rings is 1. The van der Waals surface area contributed by atoms with Crippen molar-refractivity contribution in [3.05, 3.63) is 84.0 Å². The molecule has 1 N–H and O–H groups in total. The van der Waals surface area contributed by atoms with E-state index >= 15 is 0 Å². The molecule has 0 saturated carbocycles. The van der Waals surface area contributed by atoms with E-state index in [1.807, 2.05) is 18.3 Å². The van der Waals surface area contributed by atoms with Crippen molar-refractivity contribution in [3.8, 4) is 0 Å². The number of para-hydroxylation sites is 1. The molecule has 0 spiro atoms. The zero-order valence-electron chi connectivity index (χ0n) is 15.0. The first kappa shape index (κ1) is 15.6. The summed E-state index contributed by atoms with van der Waals surface area (Å²) in [7, 11) is 0. The number of amidine groups is 1. The highest BCUT2D eigenvalue weighted by Crippen LogP contribution is 2.35. The molecule has 4 heterocycles. The number of pyridine rings is 1. The molecule has 5 aromatic rings. The molecule has 0 bridgehead atoms. The smallest absolute Gasteiger partial charge is 0.135 e. The van der Waals surface area contributed by atoms with E-state index in [1.165, 1.54) is 31.9 Å². The third-order valence-electron chi connectivity index (χ3n) is 5.20. The van der Waals surface area contributed by atoms with Crippen LogP contribution in [-0.4, -0.2) is 21.9 Å². The lowest BCUT2D eigenvalue weighted by molar-refractivity contribution is 1.02.